The second kappa shape index (κ2) is 7.37. The third kappa shape index (κ3) is 4.29. The van der Waals surface area contributed by atoms with Crippen molar-refractivity contribution in [2.24, 2.45) is 5.41 Å². The first kappa shape index (κ1) is 16.6. The van der Waals surface area contributed by atoms with Gasteiger partial charge in [0.1, 0.15) is 0 Å². The van der Waals surface area contributed by atoms with Crippen LogP contribution in [0.2, 0.25) is 0 Å². The van der Waals surface area contributed by atoms with Gasteiger partial charge in [-0.05, 0) is 50.4 Å². The van der Waals surface area contributed by atoms with Crippen LogP contribution in [0, 0.1) is 5.41 Å². The lowest BCUT2D eigenvalue weighted by Crippen LogP contribution is -2.40. The predicted octanol–water partition coefficient (Wildman–Crippen LogP) is 3.01. The summed E-state index contributed by atoms with van der Waals surface area (Å²) in [6.07, 6.45) is 5.61. The van der Waals surface area contributed by atoms with Crippen LogP contribution < -0.4 is 5.32 Å². The molecule has 4 heteroatoms. The van der Waals surface area contributed by atoms with Crippen molar-refractivity contribution >= 4 is 24.2 Å². The van der Waals surface area contributed by atoms with Crippen LogP contribution in [0.5, 0.6) is 0 Å². The van der Waals surface area contributed by atoms with Crippen molar-refractivity contribution in [2.45, 2.75) is 50.8 Å². The Labute approximate surface area is 123 Å². The smallest absolute Gasteiger partial charge is 0.0103 e. The Morgan fingerprint density at radius 3 is 2.78 bits per heavy atom. The summed E-state index contributed by atoms with van der Waals surface area (Å²) in [5.41, 5.74) is 0.519. The first-order chi connectivity index (χ1) is 8.13. The summed E-state index contributed by atoms with van der Waals surface area (Å²) in [6.45, 7) is 8.42. The van der Waals surface area contributed by atoms with Gasteiger partial charge < -0.3 is 10.2 Å². The van der Waals surface area contributed by atoms with E-state index in [1.54, 1.807) is 0 Å². The maximum Gasteiger partial charge on any atom is 0.0103 e. The van der Waals surface area contributed by atoms with E-state index in [4.69, 9.17) is 0 Å². The summed E-state index contributed by atoms with van der Waals surface area (Å²) < 4.78 is 0. The number of nitrogens with one attached hydrogen (secondary N) is 1. The van der Waals surface area contributed by atoms with Crippen LogP contribution in [0.3, 0.4) is 0 Å². The van der Waals surface area contributed by atoms with Crippen LogP contribution >= 0.6 is 24.2 Å². The lowest BCUT2D eigenvalue weighted by Gasteiger charge is -2.33. The van der Waals surface area contributed by atoms with Gasteiger partial charge in [0.25, 0.3) is 0 Å². The maximum atomic E-state index is 3.51. The molecule has 1 N–H and O–H groups in total. The minimum absolute atomic E-state index is 0. The zero-order chi connectivity index (χ0) is 12.3. The summed E-state index contributed by atoms with van der Waals surface area (Å²) in [6, 6.07) is 0.844. The average molecular weight is 293 g/mol. The van der Waals surface area contributed by atoms with Crippen LogP contribution in [0.1, 0.15) is 39.5 Å². The van der Waals surface area contributed by atoms with Crippen LogP contribution in [-0.2, 0) is 0 Å². The van der Waals surface area contributed by atoms with E-state index < -0.39 is 0 Å². The molecule has 0 spiro atoms. The van der Waals surface area contributed by atoms with E-state index >= 15 is 0 Å². The molecule has 0 aromatic rings. The Bertz CT molecular complexity index is 244. The van der Waals surface area contributed by atoms with Crippen molar-refractivity contribution in [1.82, 2.24) is 10.2 Å². The molecule has 1 heterocycles. The fourth-order valence-electron chi connectivity index (χ4n) is 3.44. The van der Waals surface area contributed by atoms with Crippen molar-refractivity contribution in [2.75, 3.05) is 32.4 Å². The number of hydrogen-bond acceptors (Lipinski definition) is 3. The minimum Gasteiger partial charge on any atom is -0.316 e. The Kier molecular flexibility index (Phi) is 6.80. The van der Waals surface area contributed by atoms with Crippen molar-refractivity contribution in [1.29, 1.82) is 0 Å². The van der Waals surface area contributed by atoms with Crippen molar-refractivity contribution in [3.63, 3.8) is 0 Å². The minimum atomic E-state index is 0. The Morgan fingerprint density at radius 2 is 2.17 bits per heavy atom. The molecule has 1 aliphatic heterocycles. The number of rotatable bonds is 5. The second-order valence-corrected chi connectivity index (χ2v) is 7.77. The highest BCUT2D eigenvalue weighted by molar-refractivity contribution is 7.99. The molecule has 2 rings (SSSR count). The molecule has 3 atom stereocenters. The quantitative estimate of drug-likeness (QED) is 0.839. The topological polar surface area (TPSA) is 15.3 Å². The van der Waals surface area contributed by atoms with Crippen LogP contribution in [-0.4, -0.2) is 48.6 Å². The number of hydrogen-bond donors (Lipinski definition) is 1. The van der Waals surface area contributed by atoms with Gasteiger partial charge in [-0.2, -0.15) is 11.8 Å². The summed E-state index contributed by atoms with van der Waals surface area (Å²) in [5.74, 6) is 1.28. The molecule has 0 bridgehead atoms. The molecule has 108 valence electrons. The Balaban J connectivity index is 0.00000162. The molecule has 2 aliphatic rings. The van der Waals surface area contributed by atoms with Gasteiger partial charge in [0.2, 0.25) is 0 Å². The van der Waals surface area contributed by atoms with Gasteiger partial charge in [-0.3, -0.25) is 0 Å². The fourth-order valence-corrected chi connectivity index (χ4v) is 4.57. The van der Waals surface area contributed by atoms with E-state index in [-0.39, 0.29) is 12.4 Å². The maximum absolute atomic E-state index is 3.51. The van der Waals surface area contributed by atoms with Crippen LogP contribution in [0.25, 0.3) is 0 Å². The van der Waals surface area contributed by atoms with E-state index in [9.17, 15) is 0 Å². The molecule has 18 heavy (non-hydrogen) atoms. The van der Waals surface area contributed by atoms with Crippen LogP contribution in [0.4, 0.5) is 0 Å². The largest absolute Gasteiger partial charge is 0.316 e. The van der Waals surface area contributed by atoms with Gasteiger partial charge in [-0.1, -0.05) is 13.8 Å². The highest BCUT2D eigenvalue weighted by Gasteiger charge is 2.34. The Morgan fingerprint density at radius 1 is 1.39 bits per heavy atom. The normalized spacial score (nSPS) is 36.0. The molecule has 0 radical (unpaired) electrons. The molecular weight excluding hydrogens is 264 g/mol. The average Bonchev–Trinajstić information content (AvgIpc) is 2.88. The molecule has 0 aromatic heterocycles. The third-order valence-electron chi connectivity index (χ3n) is 4.47. The molecule has 1 saturated carbocycles. The molecular formula is C14H29ClN2S. The van der Waals surface area contributed by atoms with Crippen LogP contribution in [0.15, 0.2) is 0 Å². The highest BCUT2D eigenvalue weighted by atomic mass is 35.5. The highest BCUT2D eigenvalue weighted by Crippen LogP contribution is 2.34. The number of halogens is 1. The van der Waals surface area contributed by atoms with Gasteiger partial charge >= 0.3 is 0 Å². The predicted molar refractivity (Wildman–Crippen MR) is 85.0 cm³/mol. The van der Waals surface area contributed by atoms with Gasteiger partial charge in [0.05, 0.1) is 0 Å². The van der Waals surface area contributed by atoms with Crippen molar-refractivity contribution in [3.05, 3.63) is 0 Å². The summed E-state index contributed by atoms with van der Waals surface area (Å²) in [4.78, 5) is 2.64. The molecule has 0 aromatic carbocycles. The zero-order valence-electron chi connectivity index (χ0n) is 12.1. The first-order valence-corrected chi connectivity index (χ1v) is 8.20. The Hall–Kier alpha value is 0.560. The van der Waals surface area contributed by atoms with Gasteiger partial charge in [-0.15, -0.1) is 12.4 Å². The fraction of sp³-hybridized carbons (Fsp3) is 1.00. The first-order valence-electron chi connectivity index (χ1n) is 7.15. The number of thioether (sulfide) groups is 1. The monoisotopic (exact) mass is 292 g/mol. The van der Waals surface area contributed by atoms with Gasteiger partial charge in [0.15, 0.2) is 0 Å². The molecule has 3 unspecified atom stereocenters. The lowest BCUT2D eigenvalue weighted by molar-refractivity contribution is 0.162. The second-order valence-electron chi connectivity index (χ2n) is 6.20. The van der Waals surface area contributed by atoms with E-state index in [0.717, 1.165) is 11.3 Å². The third-order valence-corrected chi connectivity index (χ3v) is 5.70. The van der Waals surface area contributed by atoms with Gasteiger partial charge in [0, 0.05) is 24.4 Å². The summed E-state index contributed by atoms with van der Waals surface area (Å²) >= 11 is 2.16. The van der Waals surface area contributed by atoms with E-state index in [2.05, 4.69) is 42.9 Å². The molecule has 0 amide bonds. The van der Waals surface area contributed by atoms with Crippen molar-refractivity contribution in [3.8, 4) is 0 Å². The molecule has 1 aliphatic carbocycles. The molecule has 2 fully saturated rings. The SMILES string of the molecule is CCSC1CCC(N(C)CC2(C)CCNC2)C1.Cl. The van der Waals surface area contributed by atoms with Crippen molar-refractivity contribution < 1.29 is 0 Å². The zero-order valence-corrected chi connectivity index (χ0v) is 13.7. The van der Waals surface area contributed by atoms with E-state index in [0.29, 0.717) is 5.41 Å². The lowest BCUT2D eigenvalue weighted by atomic mass is 9.89. The summed E-state index contributed by atoms with van der Waals surface area (Å²) in [5, 5.41) is 4.44. The van der Waals surface area contributed by atoms with Gasteiger partial charge in [-0.25, -0.2) is 0 Å². The van der Waals surface area contributed by atoms with E-state index in [1.165, 1.54) is 51.1 Å². The van der Waals surface area contributed by atoms with E-state index in [1.807, 2.05) is 0 Å². The molecule has 1 saturated heterocycles. The number of nitrogens with zero attached hydrogens (tertiary/aromatic N) is 1. The molecule has 2 nitrogen and oxygen atoms in total. The summed E-state index contributed by atoms with van der Waals surface area (Å²) in [7, 11) is 2.34. The standard InChI is InChI=1S/C14H28N2S.ClH/c1-4-17-13-6-5-12(9-13)16(3)11-14(2)7-8-15-10-14;/h12-13,15H,4-11H2,1-3H3;1H.